The topological polar surface area (TPSA) is 77.8 Å². The average Bonchev–Trinajstić information content (AvgIpc) is 2.61. The molecule has 0 aromatic carbocycles. The Hall–Kier alpha value is -2.17. The van der Waals surface area contributed by atoms with Crippen molar-refractivity contribution < 1.29 is 20.1 Å². The number of hydrogen-bond acceptors (Lipinski definition) is 3. The highest BCUT2D eigenvalue weighted by Crippen LogP contribution is 1.99. The van der Waals surface area contributed by atoms with E-state index in [9.17, 15) is 15.0 Å². The molecule has 144 valence electrons. The van der Waals surface area contributed by atoms with Gasteiger partial charge in [-0.3, -0.25) is 4.79 Å². The zero-order valence-corrected chi connectivity index (χ0v) is 15.6. The highest BCUT2D eigenvalue weighted by atomic mass is 16.4. The van der Waals surface area contributed by atoms with Gasteiger partial charge in [-0.05, 0) is 32.1 Å². The van der Waals surface area contributed by atoms with Crippen molar-refractivity contribution in [2.45, 2.75) is 57.7 Å². The van der Waals surface area contributed by atoms with Gasteiger partial charge in [-0.25, -0.2) is 0 Å². The van der Waals surface area contributed by atoms with E-state index in [1.807, 2.05) is 67.7 Å². The lowest BCUT2D eigenvalue weighted by molar-refractivity contribution is -0.136. The van der Waals surface area contributed by atoms with E-state index in [2.05, 4.69) is 0 Å². The summed E-state index contributed by atoms with van der Waals surface area (Å²) < 4.78 is 0. The predicted octanol–water partition coefficient (Wildman–Crippen LogP) is 4.49. The van der Waals surface area contributed by atoms with Crippen LogP contribution in [0.1, 0.15) is 45.4 Å². The van der Waals surface area contributed by atoms with Gasteiger partial charge in [-0.2, -0.15) is 0 Å². The highest BCUT2D eigenvalue weighted by molar-refractivity contribution is 5.66. The Balaban J connectivity index is 3.80. The van der Waals surface area contributed by atoms with E-state index >= 15 is 0 Å². The molecule has 0 spiro atoms. The van der Waals surface area contributed by atoms with E-state index in [1.54, 1.807) is 12.2 Å². The first-order valence-electron chi connectivity index (χ1n) is 9.10. The van der Waals surface area contributed by atoms with Crippen LogP contribution in [0, 0.1) is 0 Å². The van der Waals surface area contributed by atoms with Gasteiger partial charge in [0.15, 0.2) is 0 Å². The average molecular weight is 360 g/mol. The third-order valence-corrected chi connectivity index (χ3v) is 3.36. The first kappa shape index (κ1) is 23.8. The zero-order chi connectivity index (χ0) is 19.5. The van der Waals surface area contributed by atoms with Crippen LogP contribution in [0.5, 0.6) is 0 Å². The first-order chi connectivity index (χ1) is 12.6. The Morgan fingerprint density at radius 1 is 0.808 bits per heavy atom. The maximum Gasteiger partial charge on any atom is 0.303 e. The fraction of sp³-hybridized carbons (Fsp3) is 0.409. The molecule has 0 fully saturated rings. The van der Waals surface area contributed by atoms with Gasteiger partial charge in [-0.1, -0.05) is 79.8 Å². The molecule has 3 N–H and O–H groups in total. The van der Waals surface area contributed by atoms with Crippen molar-refractivity contribution in [3.63, 3.8) is 0 Å². The van der Waals surface area contributed by atoms with E-state index in [4.69, 9.17) is 5.11 Å². The van der Waals surface area contributed by atoms with E-state index in [0.29, 0.717) is 12.8 Å². The Bertz CT molecular complexity index is 524. The summed E-state index contributed by atoms with van der Waals surface area (Å²) in [5, 5.41) is 27.6. The van der Waals surface area contributed by atoms with Crippen molar-refractivity contribution in [2.24, 2.45) is 0 Å². The smallest absolute Gasteiger partial charge is 0.303 e. The number of hydrogen-bond donors (Lipinski definition) is 3. The Kier molecular flexibility index (Phi) is 16.2. The highest BCUT2D eigenvalue weighted by Gasteiger charge is 1.93. The summed E-state index contributed by atoms with van der Waals surface area (Å²) in [5.41, 5.74) is 0. The largest absolute Gasteiger partial charge is 0.481 e. The summed E-state index contributed by atoms with van der Waals surface area (Å²) in [6.45, 7) is 1.93. The van der Waals surface area contributed by atoms with Crippen LogP contribution in [0.3, 0.4) is 0 Å². The minimum Gasteiger partial charge on any atom is -0.481 e. The molecule has 4 heteroatoms. The molecule has 0 aromatic heterocycles. The molecule has 4 nitrogen and oxygen atoms in total. The Morgan fingerprint density at radius 3 is 2.00 bits per heavy atom. The molecule has 0 saturated heterocycles. The van der Waals surface area contributed by atoms with Gasteiger partial charge in [-0.15, -0.1) is 0 Å². The second-order valence-corrected chi connectivity index (χ2v) is 5.75. The van der Waals surface area contributed by atoms with Crippen molar-refractivity contribution in [3.8, 4) is 0 Å². The maximum atomic E-state index is 10.3. The lowest BCUT2D eigenvalue weighted by Crippen LogP contribution is -1.98. The summed E-state index contributed by atoms with van der Waals surface area (Å²) in [5.74, 6) is -0.783. The van der Waals surface area contributed by atoms with Gasteiger partial charge < -0.3 is 15.3 Å². The maximum absolute atomic E-state index is 10.3. The Morgan fingerprint density at radius 2 is 1.38 bits per heavy atom. The minimum atomic E-state index is -0.783. The standard InChI is InChI=1S/C22H32O4/c1-2-20(23)16-12-8-4-3-5-9-13-17-21(24)18-14-10-6-7-11-15-19-22(25)26/h4-5,7-14,16-17,20-21,23-24H,2-3,6,15,18-19H2,1H3,(H,25,26)/b8-4-,9-5-,11-7-,14-10-,16-12+,17-13-/t20-,21-/m1/s1. The van der Waals surface area contributed by atoms with Crippen LogP contribution >= 0.6 is 0 Å². The van der Waals surface area contributed by atoms with Gasteiger partial charge in [0.2, 0.25) is 0 Å². The molecule has 0 saturated carbocycles. The van der Waals surface area contributed by atoms with Gasteiger partial charge in [0.05, 0.1) is 12.2 Å². The van der Waals surface area contributed by atoms with Crippen molar-refractivity contribution in [1.29, 1.82) is 0 Å². The number of carboxylic acid groups (broad SMARTS) is 1. The third-order valence-electron chi connectivity index (χ3n) is 3.36. The van der Waals surface area contributed by atoms with Crippen LogP contribution in [-0.2, 0) is 4.79 Å². The molecular weight excluding hydrogens is 328 g/mol. The second kappa shape index (κ2) is 17.6. The number of aliphatic carboxylic acids is 1. The number of carboxylic acids is 1. The van der Waals surface area contributed by atoms with Gasteiger partial charge in [0.1, 0.15) is 0 Å². The number of aliphatic hydroxyl groups is 2. The first-order valence-corrected chi connectivity index (χ1v) is 9.10. The van der Waals surface area contributed by atoms with E-state index < -0.39 is 12.1 Å². The summed E-state index contributed by atoms with van der Waals surface area (Å²) in [6.07, 6.45) is 25.2. The molecule has 0 radical (unpaired) electrons. The molecule has 26 heavy (non-hydrogen) atoms. The number of carbonyl (C=O) groups is 1. The third kappa shape index (κ3) is 18.2. The molecule has 0 amide bonds. The number of aliphatic hydroxyl groups excluding tert-OH is 2. The molecule has 2 atom stereocenters. The van der Waals surface area contributed by atoms with E-state index in [0.717, 1.165) is 19.3 Å². The van der Waals surface area contributed by atoms with Crippen LogP contribution in [0.4, 0.5) is 0 Å². The normalized spacial score (nSPS) is 15.5. The quantitative estimate of drug-likeness (QED) is 0.315. The van der Waals surface area contributed by atoms with Crippen molar-refractivity contribution in [3.05, 3.63) is 72.9 Å². The van der Waals surface area contributed by atoms with Gasteiger partial charge >= 0.3 is 5.97 Å². The lowest BCUT2D eigenvalue weighted by atomic mass is 10.2. The fourth-order valence-electron chi connectivity index (χ4n) is 1.82. The minimum absolute atomic E-state index is 0.158. The zero-order valence-electron chi connectivity index (χ0n) is 15.6. The number of allylic oxidation sites excluding steroid dienone is 9. The molecule has 0 rings (SSSR count). The molecule has 0 aromatic rings. The van der Waals surface area contributed by atoms with Gasteiger partial charge in [0, 0.05) is 6.42 Å². The fourth-order valence-corrected chi connectivity index (χ4v) is 1.82. The number of rotatable bonds is 14. The van der Waals surface area contributed by atoms with Crippen molar-refractivity contribution in [1.82, 2.24) is 0 Å². The molecule has 0 aliphatic carbocycles. The SMILES string of the molecule is CC[C@@H](O)/C=C/C=C\C/C=C\C=C/[C@@H](O)C/C=C\C/C=C\CCC(=O)O. The predicted molar refractivity (Wildman–Crippen MR) is 108 cm³/mol. The monoisotopic (exact) mass is 360 g/mol. The molecular formula is C22H32O4. The summed E-state index contributed by atoms with van der Waals surface area (Å²) in [7, 11) is 0. The van der Waals surface area contributed by atoms with Crippen LogP contribution < -0.4 is 0 Å². The van der Waals surface area contributed by atoms with Crippen LogP contribution in [-0.4, -0.2) is 33.5 Å². The molecule has 0 aliphatic rings. The van der Waals surface area contributed by atoms with Crippen LogP contribution in [0.2, 0.25) is 0 Å². The molecule has 0 heterocycles. The molecule has 0 bridgehead atoms. The van der Waals surface area contributed by atoms with Gasteiger partial charge in [0.25, 0.3) is 0 Å². The van der Waals surface area contributed by atoms with Crippen LogP contribution in [0.15, 0.2) is 72.9 Å². The van der Waals surface area contributed by atoms with E-state index in [-0.39, 0.29) is 12.5 Å². The van der Waals surface area contributed by atoms with Crippen LogP contribution in [0.25, 0.3) is 0 Å². The van der Waals surface area contributed by atoms with Crippen molar-refractivity contribution in [2.75, 3.05) is 0 Å². The summed E-state index contributed by atoms with van der Waals surface area (Å²) in [6, 6.07) is 0. The second-order valence-electron chi connectivity index (χ2n) is 5.75. The molecule has 0 aliphatic heterocycles. The summed E-state index contributed by atoms with van der Waals surface area (Å²) in [4.78, 5) is 10.3. The lowest BCUT2D eigenvalue weighted by Gasteiger charge is -1.98. The Labute approximate surface area is 157 Å². The molecule has 0 unspecified atom stereocenters. The summed E-state index contributed by atoms with van der Waals surface area (Å²) >= 11 is 0. The van der Waals surface area contributed by atoms with E-state index in [1.165, 1.54) is 0 Å². The van der Waals surface area contributed by atoms with Crippen molar-refractivity contribution >= 4 is 5.97 Å².